The predicted molar refractivity (Wildman–Crippen MR) is 59.9 cm³/mol. The number of Topliss-reactive ketones (excluding diaryl/α,β-unsaturated/α-hetero) is 1. The minimum absolute atomic E-state index is 0.0964. The molecule has 17 heavy (non-hydrogen) atoms. The second kappa shape index (κ2) is 6.42. The van der Waals surface area contributed by atoms with E-state index in [-0.39, 0.29) is 13.2 Å². The predicted octanol–water partition coefficient (Wildman–Crippen LogP) is 1.46. The van der Waals surface area contributed by atoms with Gasteiger partial charge in [0.1, 0.15) is 11.6 Å². The number of aliphatic hydroxyl groups excluding tert-OH is 1. The summed E-state index contributed by atoms with van der Waals surface area (Å²) in [4.78, 5) is 13.3. The molecule has 0 aliphatic heterocycles. The first-order chi connectivity index (χ1) is 8.10. The summed E-state index contributed by atoms with van der Waals surface area (Å²) in [6.07, 6.45) is 0. The SMILES string of the molecule is CCN(CCO)CC(=O)c1c(F)cccc1F. The lowest BCUT2D eigenvalue weighted by molar-refractivity contribution is 0.0911. The molecule has 1 N–H and O–H groups in total. The largest absolute Gasteiger partial charge is 0.395 e. The number of ketones is 1. The summed E-state index contributed by atoms with van der Waals surface area (Å²) in [6, 6.07) is 3.32. The molecular formula is C12H15F2NO2. The Bertz CT molecular complexity index is 376. The van der Waals surface area contributed by atoms with E-state index < -0.39 is 23.0 Å². The summed E-state index contributed by atoms with van der Waals surface area (Å²) in [5, 5.41) is 8.76. The Morgan fingerprint density at radius 3 is 2.41 bits per heavy atom. The van der Waals surface area contributed by atoms with Crippen molar-refractivity contribution < 1.29 is 18.7 Å². The van der Waals surface area contributed by atoms with Crippen molar-refractivity contribution in [3.63, 3.8) is 0 Å². The van der Waals surface area contributed by atoms with Gasteiger partial charge in [0.05, 0.1) is 18.7 Å². The summed E-state index contributed by atoms with van der Waals surface area (Å²) in [5.41, 5.74) is -0.510. The van der Waals surface area contributed by atoms with E-state index in [9.17, 15) is 13.6 Å². The van der Waals surface area contributed by atoms with Gasteiger partial charge in [0, 0.05) is 6.54 Å². The van der Waals surface area contributed by atoms with Crippen molar-refractivity contribution in [3.8, 4) is 0 Å². The van der Waals surface area contributed by atoms with Crippen molar-refractivity contribution in [2.75, 3.05) is 26.2 Å². The van der Waals surface area contributed by atoms with Crippen LogP contribution in [0.2, 0.25) is 0 Å². The Balaban J connectivity index is 2.82. The zero-order valence-electron chi connectivity index (χ0n) is 9.62. The van der Waals surface area contributed by atoms with Crippen LogP contribution in [0.4, 0.5) is 8.78 Å². The van der Waals surface area contributed by atoms with Gasteiger partial charge in [0.25, 0.3) is 0 Å². The first-order valence-corrected chi connectivity index (χ1v) is 5.40. The molecule has 94 valence electrons. The van der Waals surface area contributed by atoms with Gasteiger partial charge in [-0.05, 0) is 18.7 Å². The molecule has 0 aliphatic carbocycles. The monoisotopic (exact) mass is 243 g/mol. The highest BCUT2D eigenvalue weighted by molar-refractivity contribution is 5.98. The molecule has 0 aliphatic rings. The van der Waals surface area contributed by atoms with Crippen LogP contribution in [0.3, 0.4) is 0 Å². The molecule has 0 fully saturated rings. The van der Waals surface area contributed by atoms with Crippen LogP contribution in [0.25, 0.3) is 0 Å². The van der Waals surface area contributed by atoms with Crippen LogP contribution in [-0.2, 0) is 0 Å². The second-order valence-electron chi connectivity index (χ2n) is 3.61. The number of hydrogen-bond acceptors (Lipinski definition) is 3. The van der Waals surface area contributed by atoms with Crippen molar-refractivity contribution in [2.24, 2.45) is 0 Å². The Morgan fingerprint density at radius 2 is 1.94 bits per heavy atom. The van der Waals surface area contributed by atoms with Crippen molar-refractivity contribution in [1.82, 2.24) is 4.90 Å². The lowest BCUT2D eigenvalue weighted by Gasteiger charge is -2.18. The van der Waals surface area contributed by atoms with E-state index in [1.54, 1.807) is 11.8 Å². The fourth-order valence-corrected chi connectivity index (χ4v) is 1.54. The quantitative estimate of drug-likeness (QED) is 0.769. The molecular weight excluding hydrogens is 228 g/mol. The number of benzene rings is 1. The van der Waals surface area contributed by atoms with Gasteiger partial charge in [-0.25, -0.2) is 8.78 Å². The van der Waals surface area contributed by atoms with Gasteiger partial charge in [0.15, 0.2) is 5.78 Å². The van der Waals surface area contributed by atoms with Gasteiger partial charge in [-0.15, -0.1) is 0 Å². The summed E-state index contributed by atoms with van der Waals surface area (Å²) in [5.74, 6) is -2.32. The molecule has 5 heteroatoms. The molecule has 0 spiro atoms. The first-order valence-electron chi connectivity index (χ1n) is 5.40. The zero-order valence-corrected chi connectivity index (χ0v) is 9.62. The highest BCUT2D eigenvalue weighted by Gasteiger charge is 2.18. The van der Waals surface area contributed by atoms with Gasteiger partial charge in [-0.1, -0.05) is 13.0 Å². The normalized spacial score (nSPS) is 10.9. The molecule has 0 atom stereocenters. The molecule has 0 saturated heterocycles. The third-order valence-electron chi connectivity index (χ3n) is 2.47. The third kappa shape index (κ3) is 3.57. The van der Waals surface area contributed by atoms with E-state index >= 15 is 0 Å². The maximum Gasteiger partial charge on any atom is 0.182 e. The maximum atomic E-state index is 13.3. The smallest absolute Gasteiger partial charge is 0.182 e. The minimum Gasteiger partial charge on any atom is -0.395 e. The molecule has 0 amide bonds. The van der Waals surface area contributed by atoms with Crippen molar-refractivity contribution in [1.29, 1.82) is 0 Å². The summed E-state index contributed by atoms with van der Waals surface area (Å²) in [6.45, 7) is 2.44. The van der Waals surface area contributed by atoms with Crippen LogP contribution >= 0.6 is 0 Å². The Kier molecular flexibility index (Phi) is 5.18. The Morgan fingerprint density at radius 1 is 1.35 bits per heavy atom. The first kappa shape index (κ1) is 13.7. The Labute approximate surface area is 98.7 Å². The van der Waals surface area contributed by atoms with E-state index in [0.29, 0.717) is 13.1 Å². The molecule has 0 radical (unpaired) electrons. The van der Waals surface area contributed by atoms with Crippen LogP contribution in [-0.4, -0.2) is 42.0 Å². The van der Waals surface area contributed by atoms with Gasteiger partial charge in [0.2, 0.25) is 0 Å². The third-order valence-corrected chi connectivity index (χ3v) is 2.47. The molecule has 0 aromatic heterocycles. The second-order valence-corrected chi connectivity index (χ2v) is 3.61. The fraction of sp³-hybridized carbons (Fsp3) is 0.417. The van der Waals surface area contributed by atoms with Crippen LogP contribution in [0.15, 0.2) is 18.2 Å². The summed E-state index contributed by atoms with van der Waals surface area (Å²) >= 11 is 0. The fourth-order valence-electron chi connectivity index (χ4n) is 1.54. The van der Waals surface area contributed by atoms with E-state index in [4.69, 9.17) is 5.11 Å². The van der Waals surface area contributed by atoms with E-state index in [1.165, 1.54) is 6.07 Å². The van der Waals surface area contributed by atoms with Crippen molar-refractivity contribution in [3.05, 3.63) is 35.4 Å². The molecule has 0 bridgehead atoms. The molecule has 1 aromatic rings. The number of rotatable bonds is 6. The highest BCUT2D eigenvalue weighted by Crippen LogP contribution is 2.13. The lowest BCUT2D eigenvalue weighted by Crippen LogP contribution is -2.32. The average molecular weight is 243 g/mol. The van der Waals surface area contributed by atoms with Crippen molar-refractivity contribution in [2.45, 2.75) is 6.92 Å². The molecule has 0 unspecified atom stereocenters. The number of halogens is 2. The molecule has 1 aromatic carbocycles. The Hall–Kier alpha value is -1.33. The molecule has 0 saturated carbocycles. The highest BCUT2D eigenvalue weighted by atomic mass is 19.1. The number of carbonyl (C=O) groups is 1. The van der Waals surface area contributed by atoms with Gasteiger partial charge >= 0.3 is 0 Å². The molecule has 3 nitrogen and oxygen atoms in total. The number of carbonyl (C=O) groups excluding carboxylic acids is 1. The topological polar surface area (TPSA) is 40.5 Å². The van der Waals surface area contributed by atoms with Gasteiger partial charge < -0.3 is 5.11 Å². The summed E-state index contributed by atoms with van der Waals surface area (Å²) in [7, 11) is 0. The standard InChI is InChI=1S/C12H15F2NO2/c1-2-15(6-7-16)8-11(17)12-9(13)4-3-5-10(12)14/h3-5,16H,2,6-8H2,1H3. The van der Waals surface area contributed by atoms with Crippen LogP contribution in [0.5, 0.6) is 0 Å². The van der Waals surface area contributed by atoms with E-state index in [1.807, 2.05) is 0 Å². The van der Waals surface area contributed by atoms with Crippen molar-refractivity contribution >= 4 is 5.78 Å². The van der Waals surface area contributed by atoms with Crippen LogP contribution in [0.1, 0.15) is 17.3 Å². The van der Waals surface area contributed by atoms with Crippen LogP contribution < -0.4 is 0 Å². The lowest BCUT2D eigenvalue weighted by atomic mass is 10.1. The van der Waals surface area contributed by atoms with Crippen LogP contribution in [0, 0.1) is 11.6 Å². The maximum absolute atomic E-state index is 13.3. The number of likely N-dealkylation sites (N-methyl/N-ethyl adjacent to an activating group) is 1. The number of aliphatic hydroxyl groups is 1. The molecule has 1 rings (SSSR count). The van der Waals surface area contributed by atoms with E-state index in [0.717, 1.165) is 12.1 Å². The number of hydrogen-bond donors (Lipinski definition) is 1. The number of nitrogens with zero attached hydrogens (tertiary/aromatic N) is 1. The summed E-state index contributed by atoms with van der Waals surface area (Å²) < 4.78 is 26.6. The average Bonchev–Trinajstić information content (AvgIpc) is 2.28. The van der Waals surface area contributed by atoms with E-state index in [2.05, 4.69) is 0 Å². The zero-order chi connectivity index (χ0) is 12.8. The van der Waals surface area contributed by atoms with Gasteiger partial charge in [-0.2, -0.15) is 0 Å². The van der Waals surface area contributed by atoms with Gasteiger partial charge in [-0.3, -0.25) is 9.69 Å². The minimum atomic E-state index is -0.852. The molecule has 0 heterocycles.